The second kappa shape index (κ2) is 4.91. The highest BCUT2D eigenvalue weighted by Gasteiger charge is 2.28. The first-order chi connectivity index (χ1) is 7.74. The molecule has 0 radical (unpaired) electrons. The maximum atomic E-state index is 5.89. The van der Waals surface area contributed by atoms with Crippen LogP contribution in [0.5, 0.6) is 0 Å². The van der Waals surface area contributed by atoms with Gasteiger partial charge in [-0.25, -0.2) is 4.68 Å². The summed E-state index contributed by atoms with van der Waals surface area (Å²) in [6, 6.07) is 0.365. The minimum atomic E-state index is -0.0885. The van der Waals surface area contributed by atoms with Gasteiger partial charge in [0.2, 0.25) is 0 Å². The van der Waals surface area contributed by atoms with Crippen molar-refractivity contribution >= 4 is 0 Å². The molecule has 0 aliphatic heterocycles. The van der Waals surface area contributed by atoms with Crippen LogP contribution < -0.4 is 5.73 Å². The number of aromatic nitrogens is 4. The maximum Gasteiger partial charge on any atom is 0.167 e. The Labute approximate surface area is 96.4 Å². The molecule has 1 saturated carbocycles. The molecule has 1 heterocycles. The molecule has 0 aromatic carbocycles. The van der Waals surface area contributed by atoms with Crippen molar-refractivity contribution in [2.75, 3.05) is 0 Å². The van der Waals surface area contributed by atoms with Crippen molar-refractivity contribution < 1.29 is 0 Å². The summed E-state index contributed by atoms with van der Waals surface area (Å²) in [4.78, 5) is 0. The fourth-order valence-electron chi connectivity index (χ4n) is 2.72. The highest BCUT2D eigenvalue weighted by atomic mass is 15.6. The largest absolute Gasteiger partial charge is 0.322 e. The Morgan fingerprint density at radius 2 is 2.19 bits per heavy atom. The van der Waals surface area contributed by atoms with E-state index in [4.69, 9.17) is 5.73 Å². The SMILES string of the molecule is CCC1CCCCC1n1nnnc1C(C)N. The summed E-state index contributed by atoms with van der Waals surface area (Å²) in [6.07, 6.45) is 6.29. The molecule has 1 aliphatic rings. The van der Waals surface area contributed by atoms with E-state index in [9.17, 15) is 0 Å². The van der Waals surface area contributed by atoms with Crippen LogP contribution in [0.1, 0.15) is 63.9 Å². The number of nitrogens with zero attached hydrogens (tertiary/aromatic N) is 4. The van der Waals surface area contributed by atoms with E-state index in [1.165, 1.54) is 32.1 Å². The lowest BCUT2D eigenvalue weighted by Crippen LogP contribution is -2.27. The van der Waals surface area contributed by atoms with Gasteiger partial charge in [-0.1, -0.05) is 26.2 Å². The summed E-state index contributed by atoms with van der Waals surface area (Å²) in [6.45, 7) is 4.19. The third kappa shape index (κ3) is 2.09. The molecule has 5 nitrogen and oxygen atoms in total. The lowest BCUT2D eigenvalue weighted by Gasteiger charge is -2.31. The summed E-state index contributed by atoms with van der Waals surface area (Å²) in [5.74, 6) is 1.53. The van der Waals surface area contributed by atoms with Gasteiger partial charge in [0.1, 0.15) is 0 Å². The van der Waals surface area contributed by atoms with Crippen LogP contribution in [0.25, 0.3) is 0 Å². The fourth-order valence-corrected chi connectivity index (χ4v) is 2.72. The van der Waals surface area contributed by atoms with Crippen molar-refractivity contribution in [3.8, 4) is 0 Å². The van der Waals surface area contributed by atoms with E-state index in [2.05, 4.69) is 22.4 Å². The van der Waals surface area contributed by atoms with E-state index in [1.807, 2.05) is 11.6 Å². The second-order valence-electron chi connectivity index (χ2n) is 4.79. The summed E-state index contributed by atoms with van der Waals surface area (Å²) >= 11 is 0. The van der Waals surface area contributed by atoms with E-state index in [0.29, 0.717) is 12.0 Å². The molecule has 1 aliphatic carbocycles. The van der Waals surface area contributed by atoms with Crippen LogP contribution >= 0.6 is 0 Å². The van der Waals surface area contributed by atoms with Gasteiger partial charge in [-0.05, 0) is 36.1 Å². The zero-order valence-electron chi connectivity index (χ0n) is 10.1. The molecule has 0 saturated heterocycles. The molecule has 16 heavy (non-hydrogen) atoms. The van der Waals surface area contributed by atoms with Crippen molar-refractivity contribution in [2.24, 2.45) is 11.7 Å². The van der Waals surface area contributed by atoms with E-state index >= 15 is 0 Å². The van der Waals surface area contributed by atoms with E-state index < -0.39 is 0 Å². The van der Waals surface area contributed by atoms with Gasteiger partial charge in [-0.2, -0.15) is 0 Å². The summed E-state index contributed by atoms with van der Waals surface area (Å²) in [7, 11) is 0. The molecule has 2 N–H and O–H groups in total. The third-order valence-electron chi connectivity index (χ3n) is 3.63. The van der Waals surface area contributed by atoms with Crippen LogP contribution in [0.4, 0.5) is 0 Å². The van der Waals surface area contributed by atoms with E-state index in [1.54, 1.807) is 0 Å². The Kier molecular flexibility index (Phi) is 3.53. The molecule has 0 amide bonds. The summed E-state index contributed by atoms with van der Waals surface area (Å²) in [5, 5.41) is 11.9. The first kappa shape index (κ1) is 11.5. The molecule has 0 spiro atoms. The topological polar surface area (TPSA) is 69.6 Å². The van der Waals surface area contributed by atoms with Crippen LogP contribution in [0.3, 0.4) is 0 Å². The van der Waals surface area contributed by atoms with Crippen molar-refractivity contribution in [3.63, 3.8) is 0 Å². The molecular weight excluding hydrogens is 202 g/mol. The zero-order valence-corrected chi connectivity index (χ0v) is 10.1. The molecule has 90 valence electrons. The first-order valence-electron chi connectivity index (χ1n) is 6.27. The lowest BCUT2D eigenvalue weighted by molar-refractivity contribution is 0.208. The average Bonchev–Trinajstić information content (AvgIpc) is 2.77. The number of hydrogen-bond acceptors (Lipinski definition) is 4. The first-order valence-corrected chi connectivity index (χ1v) is 6.27. The lowest BCUT2D eigenvalue weighted by atomic mass is 9.83. The maximum absolute atomic E-state index is 5.89. The number of rotatable bonds is 3. The number of nitrogens with two attached hydrogens (primary N) is 1. The predicted molar refractivity (Wildman–Crippen MR) is 61.7 cm³/mol. The second-order valence-corrected chi connectivity index (χ2v) is 4.79. The normalized spacial score (nSPS) is 27.9. The van der Waals surface area contributed by atoms with E-state index in [0.717, 1.165) is 5.82 Å². The molecule has 0 bridgehead atoms. The van der Waals surface area contributed by atoms with Gasteiger partial charge in [-0.3, -0.25) is 0 Å². The van der Waals surface area contributed by atoms with Gasteiger partial charge in [0, 0.05) is 0 Å². The van der Waals surface area contributed by atoms with Crippen LogP contribution in [0.15, 0.2) is 0 Å². The third-order valence-corrected chi connectivity index (χ3v) is 3.63. The monoisotopic (exact) mass is 223 g/mol. The molecule has 3 atom stereocenters. The standard InChI is InChI=1S/C11H21N5/c1-3-9-6-4-5-7-10(9)16-11(8(2)12)13-14-15-16/h8-10H,3-7,12H2,1-2H3. The van der Waals surface area contributed by atoms with Crippen LogP contribution in [-0.2, 0) is 0 Å². The smallest absolute Gasteiger partial charge is 0.167 e. The van der Waals surface area contributed by atoms with Gasteiger partial charge < -0.3 is 5.73 Å². The van der Waals surface area contributed by atoms with Crippen molar-refractivity contribution in [1.82, 2.24) is 20.2 Å². The number of hydrogen-bond donors (Lipinski definition) is 1. The summed E-state index contributed by atoms with van der Waals surface area (Å²) in [5.41, 5.74) is 5.89. The molecule has 1 aromatic rings. The van der Waals surface area contributed by atoms with Crippen LogP contribution in [-0.4, -0.2) is 20.2 Å². The minimum Gasteiger partial charge on any atom is -0.322 e. The molecular formula is C11H21N5. The number of tetrazole rings is 1. The van der Waals surface area contributed by atoms with Gasteiger partial charge in [0.25, 0.3) is 0 Å². The molecule has 1 fully saturated rings. The summed E-state index contributed by atoms with van der Waals surface area (Å²) < 4.78 is 1.97. The molecule has 2 rings (SSSR count). The van der Waals surface area contributed by atoms with Gasteiger partial charge in [-0.15, -0.1) is 5.10 Å². The fraction of sp³-hybridized carbons (Fsp3) is 0.909. The Balaban J connectivity index is 2.23. The molecule has 5 heteroatoms. The van der Waals surface area contributed by atoms with Crippen molar-refractivity contribution in [1.29, 1.82) is 0 Å². The quantitative estimate of drug-likeness (QED) is 0.848. The minimum absolute atomic E-state index is 0.0885. The van der Waals surface area contributed by atoms with E-state index in [-0.39, 0.29) is 6.04 Å². The van der Waals surface area contributed by atoms with Crippen LogP contribution in [0.2, 0.25) is 0 Å². The Morgan fingerprint density at radius 1 is 1.44 bits per heavy atom. The predicted octanol–water partition coefficient (Wildman–Crippen LogP) is 1.83. The Hall–Kier alpha value is -0.970. The molecule has 1 aromatic heterocycles. The zero-order chi connectivity index (χ0) is 11.5. The molecule has 3 unspecified atom stereocenters. The van der Waals surface area contributed by atoms with Crippen molar-refractivity contribution in [2.45, 2.75) is 58.0 Å². The van der Waals surface area contributed by atoms with Gasteiger partial charge in [0.05, 0.1) is 12.1 Å². The van der Waals surface area contributed by atoms with Gasteiger partial charge in [0.15, 0.2) is 5.82 Å². The van der Waals surface area contributed by atoms with Crippen LogP contribution in [0, 0.1) is 5.92 Å². The Morgan fingerprint density at radius 3 is 2.88 bits per heavy atom. The average molecular weight is 223 g/mol. The highest BCUT2D eigenvalue weighted by Crippen LogP contribution is 2.36. The van der Waals surface area contributed by atoms with Gasteiger partial charge >= 0.3 is 0 Å². The Bertz CT molecular complexity index is 333. The highest BCUT2D eigenvalue weighted by molar-refractivity contribution is 4.92. The van der Waals surface area contributed by atoms with Crippen molar-refractivity contribution in [3.05, 3.63) is 5.82 Å².